The van der Waals surface area contributed by atoms with Gasteiger partial charge in [-0.15, -0.1) is 0 Å². The first-order valence-electron chi connectivity index (χ1n) is 4.95. The lowest BCUT2D eigenvalue weighted by Gasteiger charge is -2.24. The third kappa shape index (κ3) is 4.04. The first kappa shape index (κ1) is 14.6. The van der Waals surface area contributed by atoms with Gasteiger partial charge >= 0.3 is 6.18 Å². The highest BCUT2D eigenvalue weighted by molar-refractivity contribution is 8.00. The molecule has 0 radical (unpaired) electrons. The second kappa shape index (κ2) is 5.93. The smallest absolute Gasteiger partial charge is 0.326 e. The van der Waals surface area contributed by atoms with E-state index in [1.54, 1.807) is 13.0 Å². The van der Waals surface area contributed by atoms with E-state index in [9.17, 15) is 13.2 Å². The van der Waals surface area contributed by atoms with E-state index >= 15 is 0 Å². The van der Waals surface area contributed by atoms with Crippen LogP contribution in [0.1, 0.15) is 13.3 Å². The molecule has 0 aromatic carbocycles. The molecule has 2 N–H and O–H groups in total. The summed E-state index contributed by atoms with van der Waals surface area (Å²) in [6.45, 7) is 1.62. The molecule has 96 valence electrons. The van der Waals surface area contributed by atoms with Crippen molar-refractivity contribution in [3.8, 4) is 0 Å². The van der Waals surface area contributed by atoms with Gasteiger partial charge in [0.15, 0.2) is 0 Å². The zero-order valence-corrected chi connectivity index (χ0v) is 10.6. The molecule has 7 heteroatoms. The van der Waals surface area contributed by atoms with Crippen LogP contribution in [0.2, 0.25) is 5.02 Å². The van der Waals surface area contributed by atoms with E-state index in [1.807, 2.05) is 0 Å². The molecule has 1 aromatic rings. The maximum absolute atomic E-state index is 12.8. The summed E-state index contributed by atoms with van der Waals surface area (Å²) in [7, 11) is 0. The molecular formula is C10H12ClF3N2S. The first-order valence-corrected chi connectivity index (χ1v) is 6.21. The number of hydrogen-bond donors (Lipinski definition) is 1. The van der Waals surface area contributed by atoms with Crippen LogP contribution in [0.15, 0.2) is 23.4 Å². The largest absolute Gasteiger partial charge is 0.402 e. The van der Waals surface area contributed by atoms with Gasteiger partial charge in [-0.2, -0.15) is 13.2 Å². The van der Waals surface area contributed by atoms with Gasteiger partial charge in [0, 0.05) is 12.2 Å². The van der Waals surface area contributed by atoms with Crippen molar-refractivity contribution in [3.05, 3.63) is 23.4 Å². The Bertz CT molecular complexity index is 373. The van der Waals surface area contributed by atoms with Crippen LogP contribution >= 0.6 is 23.4 Å². The predicted octanol–water partition coefficient (Wildman–Crippen LogP) is 3.50. The van der Waals surface area contributed by atoms with Crippen molar-refractivity contribution in [2.75, 3.05) is 0 Å². The Morgan fingerprint density at radius 2 is 2.18 bits per heavy atom. The number of hydrogen-bond acceptors (Lipinski definition) is 3. The molecule has 2 unspecified atom stereocenters. The average molecular weight is 285 g/mol. The van der Waals surface area contributed by atoms with Crippen LogP contribution in [0.3, 0.4) is 0 Å². The quantitative estimate of drug-likeness (QED) is 0.860. The Morgan fingerprint density at radius 3 is 2.65 bits per heavy atom. The molecule has 2 atom stereocenters. The molecule has 0 saturated heterocycles. The molecule has 0 amide bonds. The fourth-order valence-electron chi connectivity index (χ4n) is 1.19. The highest BCUT2D eigenvalue weighted by Gasteiger charge is 2.44. The van der Waals surface area contributed by atoms with Gasteiger partial charge in [0.2, 0.25) is 0 Å². The van der Waals surface area contributed by atoms with Gasteiger partial charge in [0.1, 0.15) is 10.3 Å². The molecule has 0 aliphatic carbocycles. The summed E-state index contributed by atoms with van der Waals surface area (Å²) in [5, 5.41) is -1.34. The number of aromatic nitrogens is 1. The Morgan fingerprint density at radius 1 is 1.53 bits per heavy atom. The highest BCUT2D eigenvalue weighted by atomic mass is 35.5. The van der Waals surface area contributed by atoms with Gasteiger partial charge in [0.05, 0.1) is 5.02 Å². The van der Waals surface area contributed by atoms with Crippen LogP contribution < -0.4 is 5.73 Å². The molecular weight excluding hydrogens is 273 g/mol. The molecule has 17 heavy (non-hydrogen) atoms. The second-order valence-electron chi connectivity index (χ2n) is 3.44. The van der Waals surface area contributed by atoms with Crippen molar-refractivity contribution >= 4 is 23.4 Å². The molecule has 0 spiro atoms. The minimum absolute atomic E-state index is 0.153. The van der Waals surface area contributed by atoms with E-state index < -0.39 is 17.5 Å². The molecule has 1 rings (SSSR count). The Kier molecular flexibility index (Phi) is 5.09. The van der Waals surface area contributed by atoms with E-state index in [1.165, 1.54) is 12.3 Å². The molecule has 0 saturated carbocycles. The number of rotatable bonds is 4. The molecule has 0 aliphatic rings. The number of pyridine rings is 1. The maximum atomic E-state index is 12.8. The van der Waals surface area contributed by atoms with Crippen LogP contribution in [-0.4, -0.2) is 22.5 Å². The third-order valence-electron chi connectivity index (χ3n) is 2.15. The van der Waals surface area contributed by atoms with E-state index in [-0.39, 0.29) is 16.5 Å². The molecule has 1 aromatic heterocycles. The SMILES string of the molecule is CCC(N)C(Sc1ncccc1Cl)C(F)(F)F. The van der Waals surface area contributed by atoms with Gasteiger partial charge in [0.25, 0.3) is 0 Å². The number of alkyl halides is 3. The summed E-state index contributed by atoms with van der Waals surface area (Å²) in [6.07, 6.45) is -2.73. The fourth-order valence-corrected chi connectivity index (χ4v) is 2.49. The monoisotopic (exact) mass is 284 g/mol. The van der Waals surface area contributed by atoms with Crippen LogP contribution in [0, 0.1) is 0 Å². The fraction of sp³-hybridized carbons (Fsp3) is 0.500. The van der Waals surface area contributed by atoms with Crippen LogP contribution in [0.5, 0.6) is 0 Å². The highest BCUT2D eigenvalue weighted by Crippen LogP contribution is 2.38. The molecule has 2 nitrogen and oxygen atoms in total. The van der Waals surface area contributed by atoms with Crippen molar-refractivity contribution in [1.82, 2.24) is 4.98 Å². The van der Waals surface area contributed by atoms with Crippen molar-refractivity contribution < 1.29 is 13.2 Å². The minimum Gasteiger partial charge on any atom is -0.326 e. The second-order valence-corrected chi connectivity index (χ2v) is 4.98. The standard InChI is InChI=1S/C10H12ClF3N2S/c1-2-7(15)8(10(12,13)14)17-9-6(11)4-3-5-16-9/h3-5,7-8H,2,15H2,1H3. The number of halogens is 4. The summed E-state index contributed by atoms with van der Waals surface area (Å²) in [4.78, 5) is 3.82. The first-order chi connectivity index (χ1) is 7.86. The number of nitrogens with two attached hydrogens (primary N) is 1. The van der Waals surface area contributed by atoms with Crippen molar-refractivity contribution in [1.29, 1.82) is 0 Å². The molecule has 0 aliphatic heterocycles. The Hall–Kier alpha value is -0.460. The van der Waals surface area contributed by atoms with Crippen LogP contribution in [-0.2, 0) is 0 Å². The topological polar surface area (TPSA) is 38.9 Å². The zero-order valence-electron chi connectivity index (χ0n) is 9.04. The van der Waals surface area contributed by atoms with E-state index in [0.717, 1.165) is 0 Å². The maximum Gasteiger partial charge on any atom is 0.402 e. The zero-order chi connectivity index (χ0) is 13.1. The predicted molar refractivity (Wildman–Crippen MR) is 63.2 cm³/mol. The number of nitrogens with zero attached hydrogens (tertiary/aromatic N) is 1. The van der Waals surface area contributed by atoms with E-state index in [0.29, 0.717) is 11.8 Å². The van der Waals surface area contributed by atoms with Crippen LogP contribution in [0.4, 0.5) is 13.2 Å². The van der Waals surface area contributed by atoms with Gasteiger partial charge in [-0.3, -0.25) is 0 Å². The summed E-state index contributed by atoms with van der Waals surface area (Å²) in [5.41, 5.74) is 5.49. The van der Waals surface area contributed by atoms with Gasteiger partial charge in [-0.05, 0) is 18.6 Å². The molecule has 0 fully saturated rings. The Labute approximate surface area is 107 Å². The van der Waals surface area contributed by atoms with Gasteiger partial charge < -0.3 is 5.73 Å². The summed E-state index contributed by atoms with van der Waals surface area (Å²) in [5.74, 6) is 0. The average Bonchev–Trinajstić information content (AvgIpc) is 2.25. The number of thioether (sulfide) groups is 1. The minimum atomic E-state index is -4.37. The summed E-state index contributed by atoms with van der Waals surface area (Å²) >= 11 is 6.34. The third-order valence-corrected chi connectivity index (χ3v) is 3.98. The normalized spacial score (nSPS) is 15.6. The van der Waals surface area contributed by atoms with Gasteiger partial charge in [-0.1, -0.05) is 30.3 Å². The van der Waals surface area contributed by atoms with Crippen molar-refractivity contribution in [2.45, 2.75) is 35.8 Å². The Balaban J connectivity index is 2.91. The lowest BCUT2D eigenvalue weighted by molar-refractivity contribution is -0.132. The lowest BCUT2D eigenvalue weighted by atomic mass is 10.1. The molecule has 0 bridgehead atoms. The van der Waals surface area contributed by atoms with E-state index in [4.69, 9.17) is 17.3 Å². The van der Waals surface area contributed by atoms with Gasteiger partial charge in [-0.25, -0.2) is 4.98 Å². The van der Waals surface area contributed by atoms with Crippen molar-refractivity contribution in [2.24, 2.45) is 5.73 Å². The molecule has 1 heterocycles. The van der Waals surface area contributed by atoms with Crippen LogP contribution in [0.25, 0.3) is 0 Å². The van der Waals surface area contributed by atoms with E-state index in [2.05, 4.69) is 4.98 Å². The lowest BCUT2D eigenvalue weighted by Crippen LogP contribution is -2.42. The summed E-state index contributed by atoms with van der Waals surface area (Å²) < 4.78 is 38.4. The van der Waals surface area contributed by atoms with Crippen molar-refractivity contribution in [3.63, 3.8) is 0 Å². The summed E-state index contributed by atoms with van der Waals surface area (Å²) in [6, 6.07) is 2.09.